The SMILES string of the molecule is COc1cccc(/C=N/NC(=O)c2ccc(C)nc2)c1O. The summed E-state index contributed by atoms with van der Waals surface area (Å²) in [6, 6.07) is 8.40. The summed E-state index contributed by atoms with van der Waals surface area (Å²) < 4.78 is 4.99. The van der Waals surface area contributed by atoms with E-state index in [9.17, 15) is 9.90 Å². The molecule has 0 spiro atoms. The van der Waals surface area contributed by atoms with Crippen molar-refractivity contribution in [3.05, 3.63) is 53.3 Å². The van der Waals surface area contributed by atoms with E-state index in [-0.39, 0.29) is 11.7 Å². The Hall–Kier alpha value is -2.89. The van der Waals surface area contributed by atoms with E-state index in [0.717, 1.165) is 5.69 Å². The minimum Gasteiger partial charge on any atom is -0.504 e. The maximum absolute atomic E-state index is 11.8. The minimum atomic E-state index is -0.374. The van der Waals surface area contributed by atoms with Crippen molar-refractivity contribution in [3.8, 4) is 11.5 Å². The van der Waals surface area contributed by atoms with Crippen LogP contribution in [0.3, 0.4) is 0 Å². The lowest BCUT2D eigenvalue weighted by molar-refractivity contribution is 0.0954. The van der Waals surface area contributed by atoms with Crippen molar-refractivity contribution in [2.24, 2.45) is 5.10 Å². The monoisotopic (exact) mass is 285 g/mol. The Labute approximate surface area is 122 Å². The number of nitrogens with one attached hydrogen (secondary N) is 1. The summed E-state index contributed by atoms with van der Waals surface area (Å²) >= 11 is 0. The van der Waals surface area contributed by atoms with E-state index in [1.54, 1.807) is 30.3 Å². The standard InChI is InChI=1S/C15H15N3O3/c1-10-6-7-12(8-16-10)15(20)18-17-9-11-4-3-5-13(21-2)14(11)19/h3-9,19H,1-2H3,(H,18,20)/b17-9+. The number of ether oxygens (including phenoxy) is 1. The van der Waals surface area contributed by atoms with E-state index in [1.165, 1.54) is 19.5 Å². The Morgan fingerprint density at radius 2 is 2.19 bits per heavy atom. The number of hydrogen-bond donors (Lipinski definition) is 2. The van der Waals surface area contributed by atoms with Gasteiger partial charge in [0, 0.05) is 17.5 Å². The number of amides is 1. The van der Waals surface area contributed by atoms with Gasteiger partial charge in [-0.3, -0.25) is 9.78 Å². The van der Waals surface area contributed by atoms with Crippen molar-refractivity contribution < 1.29 is 14.6 Å². The largest absolute Gasteiger partial charge is 0.504 e. The highest BCUT2D eigenvalue weighted by Gasteiger charge is 2.06. The van der Waals surface area contributed by atoms with Crippen LogP contribution in [0.1, 0.15) is 21.6 Å². The lowest BCUT2D eigenvalue weighted by atomic mass is 10.2. The number of aromatic nitrogens is 1. The van der Waals surface area contributed by atoms with Crippen LogP contribution in [-0.2, 0) is 0 Å². The number of hydrazone groups is 1. The molecule has 2 aromatic rings. The maximum atomic E-state index is 11.8. The van der Waals surface area contributed by atoms with Crippen molar-refractivity contribution >= 4 is 12.1 Å². The van der Waals surface area contributed by atoms with Crippen LogP contribution in [0.5, 0.6) is 11.5 Å². The molecule has 2 rings (SSSR count). The van der Waals surface area contributed by atoms with Crippen molar-refractivity contribution in [1.82, 2.24) is 10.4 Å². The number of carbonyl (C=O) groups is 1. The van der Waals surface area contributed by atoms with Gasteiger partial charge in [0.15, 0.2) is 11.5 Å². The average Bonchev–Trinajstić information content (AvgIpc) is 2.49. The molecule has 6 nitrogen and oxygen atoms in total. The number of pyridine rings is 1. The Bertz CT molecular complexity index is 666. The fraction of sp³-hybridized carbons (Fsp3) is 0.133. The van der Waals surface area contributed by atoms with Gasteiger partial charge >= 0.3 is 0 Å². The molecule has 0 aliphatic rings. The average molecular weight is 285 g/mol. The first kappa shape index (κ1) is 14.5. The highest BCUT2D eigenvalue weighted by Crippen LogP contribution is 2.27. The summed E-state index contributed by atoms with van der Waals surface area (Å²) in [6.45, 7) is 1.84. The highest BCUT2D eigenvalue weighted by molar-refractivity contribution is 5.94. The maximum Gasteiger partial charge on any atom is 0.272 e. The lowest BCUT2D eigenvalue weighted by Gasteiger charge is -2.05. The van der Waals surface area contributed by atoms with Gasteiger partial charge in [-0.25, -0.2) is 5.43 Å². The van der Waals surface area contributed by atoms with Crippen molar-refractivity contribution in [1.29, 1.82) is 0 Å². The molecule has 0 radical (unpaired) electrons. The number of benzene rings is 1. The van der Waals surface area contributed by atoms with Crippen LogP contribution in [-0.4, -0.2) is 29.3 Å². The number of carbonyl (C=O) groups excluding carboxylic acids is 1. The van der Waals surface area contributed by atoms with Gasteiger partial charge in [0.2, 0.25) is 0 Å². The van der Waals surface area contributed by atoms with Gasteiger partial charge in [-0.05, 0) is 31.2 Å². The summed E-state index contributed by atoms with van der Waals surface area (Å²) in [4.78, 5) is 15.8. The second-order valence-electron chi connectivity index (χ2n) is 4.29. The summed E-state index contributed by atoms with van der Waals surface area (Å²) in [5.74, 6) is -0.0656. The third-order valence-electron chi connectivity index (χ3n) is 2.79. The topological polar surface area (TPSA) is 83.8 Å². The van der Waals surface area contributed by atoms with Crippen LogP contribution in [0.2, 0.25) is 0 Å². The number of nitrogens with zero attached hydrogens (tertiary/aromatic N) is 2. The van der Waals surface area contributed by atoms with Gasteiger partial charge in [0.1, 0.15) is 0 Å². The Morgan fingerprint density at radius 3 is 2.86 bits per heavy atom. The van der Waals surface area contributed by atoms with Gasteiger partial charge in [-0.1, -0.05) is 6.07 Å². The minimum absolute atomic E-state index is 0.0324. The Balaban J connectivity index is 2.05. The van der Waals surface area contributed by atoms with E-state index in [4.69, 9.17) is 4.74 Å². The number of aromatic hydroxyl groups is 1. The van der Waals surface area contributed by atoms with E-state index in [0.29, 0.717) is 16.9 Å². The number of rotatable bonds is 4. The zero-order valence-corrected chi connectivity index (χ0v) is 11.7. The number of hydrogen-bond acceptors (Lipinski definition) is 5. The van der Waals surface area contributed by atoms with Gasteiger partial charge in [-0.15, -0.1) is 0 Å². The number of methoxy groups -OCH3 is 1. The number of phenols is 1. The zero-order chi connectivity index (χ0) is 15.2. The molecule has 0 aliphatic heterocycles. The third kappa shape index (κ3) is 3.56. The van der Waals surface area contributed by atoms with E-state index >= 15 is 0 Å². The quantitative estimate of drug-likeness (QED) is 0.663. The Morgan fingerprint density at radius 1 is 1.38 bits per heavy atom. The molecule has 1 heterocycles. The molecule has 0 saturated carbocycles. The molecule has 1 aromatic heterocycles. The predicted molar refractivity (Wildman–Crippen MR) is 78.7 cm³/mol. The molecule has 0 saturated heterocycles. The van der Waals surface area contributed by atoms with E-state index < -0.39 is 0 Å². The van der Waals surface area contributed by atoms with Crippen molar-refractivity contribution in [2.45, 2.75) is 6.92 Å². The van der Waals surface area contributed by atoms with Crippen molar-refractivity contribution in [2.75, 3.05) is 7.11 Å². The molecular weight excluding hydrogens is 270 g/mol. The molecule has 0 fully saturated rings. The summed E-state index contributed by atoms with van der Waals surface area (Å²) in [7, 11) is 1.46. The third-order valence-corrected chi connectivity index (χ3v) is 2.79. The van der Waals surface area contributed by atoms with Crippen LogP contribution in [0, 0.1) is 6.92 Å². The molecular formula is C15H15N3O3. The number of phenolic OH excluding ortho intramolecular Hbond substituents is 1. The van der Waals surface area contributed by atoms with Crippen LogP contribution in [0.4, 0.5) is 0 Å². The lowest BCUT2D eigenvalue weighted by Crippen LogP contribution is -2.17. The highest BCUT2D eigenvalue weighted by atomic mass is 16.5. The Kier molecular flexibility index (Phi) is 4.50. The first-order valence-electron chi connectivity index (χ1n) is 6.24. The zero-order valence-electron chi connectivity index (χ0n) is 11.7. The molecule has 1 aromatic carbocycles. The second kappa shape index (κ2) is 6.51. The van der Waals surface area contributed by atoms with Gasteiger partial charge in [0.25, 0.3) is 5.91 Å². The second-order valence-corrected chi connectivity index (χ2v) is 4.29. The molecule has 0 bridgehead atoms. The van der Waals surface area contributed by atoms with Crippen LogP contribution in [0.15, 0.2) is 41.6 Å². The fourth-order valence-electron chi connectivity index (χ4n) is 1.64. The summed E-state index contributed by atoms with van der Waals surface area (Å²) in [5.41, 5.74) is 4.05. The first-order chi connectivity index (χ1) is 10.1. The van der Waals surface area contributed by atoms with Gasteiger partial charge in [-0.2, -0.15) is 5.10 Å². The van der Waals surface area contributed by atoms with Gasteiger partial charge < -0.3 is 9.84 Å². The summed E-state index contributed by atoms with van der Waals surface area (Å²) in [6.07, 6.45) is 2.82. The molecule has 108 valence electrons. The number of para-hydroxylation sites is 1. The molecule has 2 N–H and O–H groups in total. The predicted octanol–water partition coefficient (Wildman–Crippen LogP) is 1.87. The van der Waals surface area contributed by atoms with E-state index in [2.05, 4.69) is 15.5 Å². The summed E-state index contributed by atoms with van der Waals surface area (Å²) in [5, 5.41) is 13.7. The molecule has 1 amide bonds. The first-order valence-corrected chi connectivity index (χ1v) is 6.24. The van der Waals surface area contributed by atoms with Gasteiger partial charge in [0.05, 0.1) is 18.9 Å². The number of aryl methyl sites for hydroxylation is 1. The van der Waals surface area contributed by atoms with E-state index in [1.807, 2.05) is 6.92 Å². The van der Waals surface area contributed by atoms with Crippen LogP contribution >= 0.6 is 0 Å². The normalized spacial score (nSPS) is 10.6. The fourth-order valence-corrected chi connectivity index (χ4v) is 1.64. The molecule has 0 unspecified atom stereocenters. The molecule has 0 aliphatic carbocycles. The van der Waals surface area contributed by atoms with Crippen molar-refractivity contribution in [3.63, 3.8) is 0 Å². The molecule has 21 heavy (non-hydrogen) atoms. The molecule has 6 heteroatoms. The molecule has 0 atom stereocenters. The van der Waals surface area contributed by atoms with Crippen LogP contribution < -0.4 is 10.2 Å². The van der Waals surface area contributed by atoms with Crippen LogP contribution in [0.25, 0.3) is 0 Å². The smallest absolute Gasteiger partial charge is 0.272 e.